The maximum Gasteiger partial charge on any atom is 0.255 e. The Balaban J connectivity index is 2.28. The average molecular weight is 273 g/mol. The lowest BCUT2D eigenvalue weighted by Gasteiger charge is -2.09. The van der Waals surface area contributed by atoms with E-state index in [1.807, 2.05) is 0 Å². The van der Waals surface area contributed by atoms with Gasteiger partial charge < -0.3 is 16.8 Å². The number of nitrogen functional groups attached to an aromatic ring is 1. The zero-order chi connectivity index (χ0) is 14.7. The minimum absolute atomic E-state index is 0.0425. The van der Waals surface area contributed by atoms with E-state index < -0.39 is 17.6 Å². The third-order valence-corrected chi connectivity index (χ3v) is 2.70. The van der Waals surface area contributed by atoms with Crippen molar-refractivity contribution >= 4 is 23.2 Å². The number of benzene rings is 2. The highest BCUT2D eigenvalue weighted by Gasteiger charge is 2.12. The summed E-state index contributed by atoms with van der Waals surface area (Å²) in [6, 6.07) is 10.00. The van der Waals surface area contributed by atoms with Crippen molar-refractivity contribution in [2.75, 3.05) is 11.1 Å². The number of nitrogens with two attached hydrogens (primary N) is 2. The summed E-state index contributed by atoms with van der Waals surface area (Å²) in [7, 11) is 0. The van der Waals surface area contributed by atoms with E-state index in [-0.39, 0.29) is 22.5 Å². The van der Waals surface area contributed by atoms with Crippen molar-refractivity contribution in [1.29, 1.82) is 0 Å². The molecule has 2 aromatic rings. The molecule has 2 rings (SSSR count). The van der Waals surface area contributed by atoms with Gasteiger partial charge in [0, 0.05) is 5.56 Å². The van der Waals surface area contributed by atoms with Gasteiger partial charge in [-0.05, 0) is 30.3 Å². The fraction of sp³-hybridized carbons (Fsp3) is 0. The van der Waals surface area contributed by atoms with Gasteiger partial charge in [-0.2, -0.15) is 0 Å². The van der Waals surface area contributed by atoms with E-state index in [9.17, 15) is 14.0 Å². The Bertz CT molecular complexity index is 686. The zero-order valence-electron chi connectivity index (χ0n) is 10.4. The van der Waals surface area contributed by atoms with Crippen molar-refractivity contribution in [3.8, 4) is 0 Å². The molecular weight excluding hydrogens is 261 g/mol. The number of para-hydroxylation sites is 1. The Labute approximate surface area is 114 Å². The summed E-state index contributed by atoms with van der Waals surface area (Å²) in [4.78, 5) is 23.2. The second-order valence-electron chi connectivity index (χ2n) is 4.10. The molecule has 0 heterocycles. The van der Waals surface area contributed by atoms with Crippen LogP contribution in [0.3, 0.4) is 0 Å². The summed E-state index contributed by atoms with van der Waals surface area (Å²) in [6.07, 6.45) is 0. The molecule has 0 aromatic heterocycles. The van der Waals surface area contributed by atoms with Gasteiger partial charge in [0.15, 0.2) is 0 Å². The van der Waals surface area contributed by atoms with Crippen molar-refractivity contribution in [3.05, 3.63) is 59.4 Å². The van der Waals surface area contributed by atoms with E-state index in [0.717, 1.165) is 6.07 Å². The molecule has 0 unspecified atom stereocenters. The fourth-order valence-corrected chi connectivity index (χ4v) is 1.67. The second kappa shape index (κ2) is 5.40. The molecule has 0 atom stereocenters. The molecule has 0 aliphatic rings. The van der Waals surface area contributed by atoms with Crippen LogP contribution in [0.25, 0.3) is 0 Å². The predicted octanol–water partition coefficient (Wildman–Crippen LogP) is 1.76. The lowest BCUT2D eigenvalue weighted by Crippen LogP contribution is -2.18. The molecular formula is C14H12FN3O2. The molecule has 5 nitrogen and oxygen atoms in total. The summed E-state index contributed by atoms with van der Waals surface area (Å²) in [5, 5.41) is 2.51. The van der Waals surface area contributed by atoms with Gasteiger partial charge >= 0.3 is 0 Å². The number of anilines is 2. The van der Waals surface area contributed by atoms with Gasteiger partial charge in [-0.15, -0.1) is 0 Å². The molecule has 2 aromatic carbocycles. The molecule has 5 N–H and O–H groups in total. The van der Waals surface area contributed by atoms with Gasteiger partial charge in [0.25, 0.3) is 11.8 Å². The third-order valence-electron chi connectivity index (χ3n) is 2.70. The van der Waals surface area contributed by atoms with E-state index in [1.165, 1.54) is 24.3 Å². The molecule has 20 heavy (non-hydrogen) atoms. The third kappa shape index (κ3) is 2.74. The highest BCUT2D eigenvalue weighted by Crippen LogP contribution is 2.17. The maximum atomic E-state index is 13.3. The largest absolute Gasteiger partial charge is 0.396 e. The number of hydrogen-bond donors (Lipinski definition) is 3. The first-order valence-corrected chi connectivity index (χ1v) is 5.74. The van der Waals surface area contributed by atoms with Crippen molar-refractivity contribution in [3.63, 3.8) is 0 Å². The molecule has 0 aliphatic heterocycles. The van der Waals surface area contributed by atoms with Gasteiger partial charge in [-0.3, -0.25) is 9.59 Å². The Morgan fingerprint density at radius 1 is 1.10 bits per heavy atom. The first kappa shape index (κ1) is 13.5. The average Bonchev–Trinajstić information content (AvgIpc) is 2.42. The molecule has 0 radical (unpaired) electrons. The van der Waals surface area contributed by atoms with Crippen LogP contribution >= 0.6 is 0 Å². The monoisotopic (exact) mass is 273 g/mol. The zero-order valence-corrected chi connectivity index (χ0v) is 10.4. The van der Waals surface area contributed by atoms with Gasteiger partial charge in [-0.25, -0.2) is 4.39 Å². The van der Waals surface area contributed by atoms with Gasteiger partial charge in [0.2, 0.25) is 0 Å². The lowest BCUT2D eigenvalue weighted by atomic mass is 10.1. The van der Waals surface area contributed by atoms with Gasteiger partial charge in [-0.1, -0.05) is 12.1 Å². The highest BCUT2D eigenvalue weighted by atomic mass is 19.1. The van der Waals surface area contributed by atoms with Crippen molar-refractivity contribution in [2.24, 2.45) is 5.73 Å². The van der Waals surface area contributed by atoms with E-state index in [0.29, 0.717) is 0 Å². The van der Waals surface area contributed by atoms with E-state index in [2.05, 4.69) is 5.32 Å². The number of hydrogen-bond acceptors (Lipinski definition) is 3. The van der Waals surface area contributed by atoms with E-state index in [4.69, 9.17) is 11.5 Å². The fourth-order valence-electron chi connectivity index (χ4n) is 1.67. The van der Waals surface area contributed by atoms with Crippen molar-refractivity contribution in [1.82, 2.24) is 0 Å². The molecule has 0 spiro atoms. The lowest BCUT2D eigenvalue weighted by molar-refractivity contribution is 0.100. The first-order chi connectivity index (χ1) is 9.49. The summed E-state index contributed by atoms with van der Waals surface area (Å²) in [5.41, 5.74) is 11.0. The quantitative estimate of drug-likeness (QED) is 0.743. The summed E-state index contributed by atoms with van der Waals surface area (Å²) >= 11 is 0. The smallest absolute Gasteiger partial charge is 0.255 e. The van der Waals surface area contributed by atoms with Crippen molar-refractivity contribution < 1.29 is 14.0 Å². The molecule has 0 saturated carbocycles. The molecule has 2 amide bonds. The van der Waals surface area contributed by atoms with Crippen LogP contribution in [0, 0.1) is 5.82 Å². The van der Waals surface area contributed by atoms with Gasteiger partial charge in [0.1, 0.15) is 5.82 Å². The van der Waals surface area contributed by atoms with Crippen LogP contribution in [0.5, 0.6) is 0 Å². The molecule has 0 bridgehead atoms. The minimum atomic E-state index is -0.680. The molecule has 6 heteroatoms. The SMILES string of the molecule is NC(=O)c1ccccc1NC(=O)c1ccc(N)c(F)c1. The van der Waals surface area contributed by atoms with Crippen LogP contribution in [0.2, 0.25) is 0 Å². The first-order valence-electron chi connectivity index (χ1n) is 5.74. The predicted molar refractivity (Wildman–Crippen MR) is 73.7 cm³/mol. The number of halogens is 1. The van der Waals surface area contributed by atoms with Crippen LogP contribution in [-0.4, -0.2) is 11.8 Å². The molecule has 0 fully saturated rings. The van der Waals surface area contributed by atoms with Gasteiger partial charge in [0.05, 0.1) is 16.9 Å². The highest BCUT2D eigenvalue weighted by molar-refractivity contribution is 6.08. The summed E-state index contributed by atoms with van der Waals surface area (Å²) in [6.45, 7) is 0. The Hall–Kier alpha value is -2.89. The molecule has 0 saturated heterocycles. The summed E-state index contributed by atoms with van der Waals surface area (Å²) < 4.78 is 13.3. The van der Waals surface area contributed by atoms with Crippen LogP contribution in [0.15, 0.2) is 42.5 Å². The summed E-state index contributed by atoms with van der Waals surface area (Å²) in [5.74, 6) is -1.90. The van der Waals surface area contributed by atoms with E-state index in [1.54, 1.807) is 12.1 Å². The number of rotatable bonds is 3. The van der Waals surface area contributed by atoms with Crippen LogP contribution in [0.1, 0.15) is 20.7 Å². The Kier molecular flexibility index (Phi) is 3.65. The Morgan fingerprint density at radius 3 is 2.45 bits per heavy atom. The van der Waals surface area contributed by atoms with E-state index >= 15 is 0 Å². The van der Waals surface area contributed by atoms with Crippen molar-refractivity contribution in [2.45, 2.75) is 0 Å². The molecule has 0 aliphatic carbocycles. The van der Waals surface area contributed by atoms with Crippen LogP contribution < -0.4 is 16.8 Å². The second-order valence-corrected chi connectivity index (χ2v) is 4.10. The number of amides is 2. The number of carbonyl (C=O) groups is 2. The Morgan fingerprint density at radius 2 is 1.80 bits per heavy atom. The molecule has 102 valence electrons. The topological polar surface area (TPSA) is 98.2 Å². The minimum Gasteiger partial charge on any atom is -0.396 e. The number of carbonyl (C=O) groups excluding carboxylic acids is 2. The van der Waals surface area contributed by atoms with Crippen LogP contribution in [0.4, 0.5) is 15.8 Å². The standard InChI is InChI=1S/C14H12FN3O2/c15-10-7-8(5-6-11(10)16)14(20)18-12-4-2-1-3-9(12)13(17)19/h1-7H,16H2,(H2,17,19)(H,18,20). The van der Waals surface area contributed by atoms with Crippen LogP contribution in [-0.2, 0) is 0 Å². The number of nitrogens with one attached hydrogen (secondary N) is 1. The number of primary amides is 1. The normalized spacial score (nSPS) is 10.1. The maximum absolute atomic E-state index is 13.3.